The van der Waals surface area contributed by atoms with Crippen LogP contribution in [0.15, 0.2) is 12.4 Å². The van der Waals surface area contributed by atoms with E-state index in [9.17, 15) is 9.59 Å². The minimum Gasteiger partial charge on any atom is -0.364 e. The Morgan fingerprint density at radius 3 is 2.71 bits per heavy atom. The van der Waals surface area contributed by atoms with Crippen LogP contribution in [0, 0.1) is 0 Å². The Morgan fingerprint density at radius 1 is 1.41 bits per heavy atom. The molecule has 0 bridgehead atoms. The van der Waals surface area contributed by atoms with Crippen LogP contribution in [0.25, 0.3) is 0 Å². The van der Waals surface area contributed by atoms with Gasteiger partial charge in [0.1, 0.15) is 11.5 Å². The summed E-state index contributed by atoms with van der Waals surface area (Å²) in [6.45, 7) is 3.80. The van der Waals surface area contributed by atoms with Crippen molar-refractivity contribution < 1.29 is 9.59 Å². The van der Waals surface area contributed by atoms with Gasteiger partial charge >= 0.3 is 0 Å². The summed E-state index contributed by atoms with van der Waals surface area (Å²) in [5.41, 5.74) is 5.11. The third-order valence-corrected chi connectivity index (χ3v) is 1.77. The average molecular weight is 237 g/mol. The molecule has 0 aliphatic rings. The molecule has 0 aromatic carbocycles. The van der Waals surface area contributed by atoms with Gasteiger partial charge in [-0.3, -0.25) is 14.6 Å². The van der Waals surface area contributed by atoms with Crippen molar-refractivity contribution in [1.29, 1.82) is 0 Å². The minimum absolute atomic E-state index is 0.0549. The van der Waals surface area contributed by atoms with E-state index in [2.05, 4.69) is 20.6 Å². The average Bonchev–Trinajstić information content (AvgIpc) is 2.26. The first-order valence-electron chi connectivity index (χ1n) is 5.14. The smallest absolute Gasteiger partial charge is 0.268 e. The lowest BCUT2D eigenvalue weighted by molar-refractivity contribution is -0.119. The predicted molar refractivity (Wildman–Crippen MR) is 62.3 cm³/mol. The van der Waals surface area contributed by atoms with Crippen molar-refractivity contribution in [3.05, 3.63) is 18.1 Å². The van der Waals surface area contributed by atoms with Crippen LogP contribution in [0.3, 0.4) is 0 Å². The molecule has 0 aliphatic heterocycles. The van der Waals surface area contributed by atoms with Gasteiger partial charge in [-0.25, -0.2) is 4.98 Å². The third kappa shape index (κ3) is 4.45. The maximum Gasteiger partial charge on any atom is 0.268 e. The van der Waals surface area contributed by atoms with Crippen molar-refractivity contribution in [1.82, 2.24) is 15.3 Å². The number of carbonyl (C=O) groups is 2. The fourth-order valence-electron chi connectivity index (χ4n) is 1.11. The lowest BCUT2D eigenvalue weighted by Gasteiger charge is -2.09. The van der Waals surface area contributed by atoms with Gasteiger partial charge in [0.25, 0.3) is 5.91 Å². The highest BCUT2D eigenvalue weighted by Gasteiger charge is 2.06. The van der Waals surface area contributed by atoms with Crippen LogP contribution in [0.5, 0.6) is 0 Å². The number of hydrogen-bond donors (Lipinski definition) is 3. The molecule has 0 radical (unpaired) electrons. The molecule has 17 heavy (non-hydrogen) atoms. The fraction of sp³-hybridized carbons (Fsp3) is 0.400. The van der Waals surface area contributed by atoms with Gasteiger partial charge in [0.15, 0.2) is 0 Å². The highest BCUT2D eigenvalue weighted by Crippen LogP contribution is 2.00. The molecule has 0 saturated heterocycles. The zero-order valence-corrected chi connectivity index (χ0v) is 9.73. The Balaban J connectivity index is 2.54. The zero-order chi connectivity index (χ0) is 12.8. The van der Waals surface area contributed by atoms with Crippen molar-refractivity contribution in [3.63, 3.8) is 0 Å². The largest absolute Gasteiger partial charge is 0.364 e. The third-order valence-electron chi connectivity index (χ3n) is 1.77. The van der Waals surface area contributed by atoms with E-state index in [1.54, 1.807) is 0 Å². The second kappa shape index (κ2) is 5.78. The van der Waals surface area contributed by atoms with Gasteiger partial charge in [0.05, 0.1) is 18.9 Å². The van der Waals surface area contributed by atoms with Crippen LogP contribution in [-0.2, 0) is 4.79 Å². The van der Waals surface area contributed by atoms with E-state index >= 15 is 0 Å². The number of nitrogens with zero attached hydrogens (tertiary/aromatic N) is 2. The maximum absolute atomic E-state index is 11.3. The molecule has 0 spiro atoms. The molecule has 1 rings (SSSR count). The summed E-state index contributed by atoms with van der Waals surface area (Å²) in [5, 5.41) is 5.46. The predicted octanol–water partition coefficient (Wildman–Crippen LogP) is -0.488. The standard InChI is InChI=1S/C10H15N5O2/c1-6(2)14-9(16)5-13-8-4-12-3-7(15-8)10(11)17/h3-4,6H,5H2,1-2H3,(H2,11,17)(H,13,15)(H,14,16). The highest BCUT2D eigenvalue weighted by molar-refractivity contribution is 5.90. The first-order chi connectivity index (χ1) is 7.99. The first-order valence-corrected chi connectivity index (χ1v) is 5.14. The van der Waals surface area contributed by atoms with Gasteiger partial charge in [-0.05, 0) is 13.8 Å². The molecule has 92 valence electrons. The Morgan fingerprint density at radius 2 is 2.12 bits per heavy atom. The van der Waals surface area contributed by atoms with E-state index in [1.807, 2.05) is 13.8 Å². The first kappa shape index (κ1) is 12.9. The van der Waals surface area contributed by atoms with E-state index in [-0.39, 0.29) is 24.2 Å². The normalized spacial score (nSPS) is 10.1. The van der Waals surface area contributed by atoms with E-state index in [4.69, 9.17) is 5.73 Å². The van der Waals surface area contributed by atoms with Crippen LogP contribution in [-0.4, -0.2) is 34.4 Å². The van der Waals surface area contributed by atoms with Gasteiger partial charge in [-0.15, -0.1) is 0 Å². The second-order valence-electron chi connectivity index (χ2n) is 3.73. The molecule has 1 aromatic heterocycles. The van der Waals surface area contributed by atoms with Crippen molar-refractivity contribution in [3.8, 4) is 0 Å². The summed E-state index contributed by atoms with van der Waals surface area (Å²) in [6, 6.07) is 0.0762. The van der Waals surface area contributed by atoms with Crippen LogP contribution in [0.1, 0.15) is 24.3 Å². The minimum atomic E-state index is -0.659. The van der Waals surface area contributed by atoms with Crippen molar-refractivity contribution in [2.45, 2.75) is 19.9 Å². The Bertz CT molecular complexity index is 419. The van der Waals surface area contributed by atoms with E-state index in [1.165, 1.54) is 12.4 Å². The monoisotopic (exact) mass is 237 g/mol. The lowest BCUT2D eigenvalue weighted by atomic mass is 10.4. The molecule has 2 amide bonds. The maximum atomic E-state index is 11.3. The number of nitrogens with two attached hydrogens (primary N) is 1. The summed E-state index contributed by atoms with van der Waals surface area (Å²) >= 11 is 0. The highest BCUT2D eigenvalue weighted by atomic mass is 16.2. The van der Waals surface area contributed by atoms with E-state index < -0.39 is 5.91 Å². The number of primary amides is 1. The van der Waals surface area contributed by atoms with Gasteiger partial charge < -0.3 is 16.4 Å². The Hall–Kier alpha value is -2.18. The van der Waals surface area contributed by atoms with Crippen molar-refractivity contribution in [2.75, 3.05) is 11.9 Å². The molecular weight excluding hydrogens is 222 g/mol. The summed E-state index contributed by atoms with van der Waals surface area (Å²) in [6.07, 6.45) is 2.68. The fourth-order valence-corrected chi connectivity index (χ4v) is 1.11. The lowest BCUT2D eigenvalue weighted by Crippen LogP contribution is -2.35. The van der Waals surface area contributed by atoms with Crippen molar-refractivity contribution >= 4 is 17.6 Å². The number of amides is 2. The molecule has 7 nitrogen and oxygen atoms in total. The van der Waals surface area contributed by atoms with E-state index in [0.29, 0.717) is 5.82 Å². The summed E-state index contributed by atoms with van der Waals surface area (Å²) in [5.74, 6) is -0.487. The zero-order valence-electron chi connectivity index (χ0n) is 9.73. The number of nitrogens with one attached hydrogen (secondary N) is 2. The molecule has 7 heteroatoms. The molecule has 1 aromatic rings. The molecular formula is C10H15N5O2. The van der Waals surface area contributed by atoms with Crippen LogP contribution in [0.4, 0.5) is 5.82 Å². The summed E-state index contributed by atoms with van der Waals surface area (Å²) in [4.78, 5) is 29.9. The topological polar surface area (TPSA) is 110 Å². The summed E-state index contributed by atoms with van der Waals surface area (Å²) in [7, 11) is 0. The van der Waals surface area contributed by atoms with Gasteiger partial charge in [-0.2, -0.15) is 0 Å². The number of aromatic nitrogens is 2. The second-order valence-corrected chi connectivity index (χ2v) is 3.73. The molecule has 4 N–H and O–H groups in total. The van der Waals surface area contributed by atoms with Gasteiger partial charge in [0, 0.05) is 6.04 Å². The SMILES string of the molecule is CC(C)NC(=O)CNc1cncc(C(N)=O)n1. The van der Waals surface area contributed by atoms with Gasteiger partial charge in [-0.1, -0.05) is 0 Å². The van der Waals surface area contributed by atoms with E-state index in [0.717, 1.165) is 0 Å². The van der Waals surface area contributed by atoms with Crippen LogP contribution >= 0.6 is 0 Å². The molecule has 0 atom stereocenters. The number of anilines is 1. The molecule has 0 fully saturated rings. The molecule has 0 aliphatic carbocycles. The number of rotatable bonds is 5. The number of hydrogen-bond acceptors (Lipinski definition) is 5. The number of carbonyl (C=O) groups excluding carboxylic acids is 2. The quantitative estimate of drug-likeness (QED) is 0.640. The van der Waals surface area contributed by atoms with Crippen LogP contribution in [0.2, 0.25) is 0 Å². The van der Waals surface area contributed by atoms with Crippen molar-refractivity contribution in [2.24, 2.45) is 5.73 Å². The van der Waals surface area contributed by atoms with Gasteiger partial charge in [0.2, 0.25) is 5.91 Å². The molecule has 1 heterocycles. The molecule has 0 unspecified atom stereocenters. The summed E-state index contributed by atoms with van der Waals surface area (Å²) < 4.78 is 0. The molecule has 0 saturated carbocycles. The Labute approximate surface area is 98.8 Å². The van der Waals surface area contributed by atoms with Crippen LogP contribution < -0.4 is 16.4 Å². The Kier molecular flexibility index (Phi) is 4.38.